The summed E-state index contributed by atoms with van der Waals surface area (Å²) in [6.45, 7) is 6.10. The van der Waals surface area contributed by atoms with E-state index in [2.05, 4.69) is 29.4 Å². The lowest BCUT2D eigenvalue weighted by Gasteiger charge is -2.36. The van der Waals surface area contributed by atoms with Crippen LogP contribution in [-0.2, 0) is 9.53 Å². The molecule has 2 amide bonds. The first-order valence-corrected chi connectivity index (χ1v) is 10.1. The van der Waals surface area contributed by atoms with E-state index >= 15 is 0 Å². The van der Waals surface area contributed by atoms with Crippen molar-refractivity contribution in [3.63, 3.8) is 0 Å². The summed E-state index contributed by atoms with van der Waals surface area (Å²) in [5.74, 6) is -0.379. The summed E-state index contributed by atoms with van der Waals surface area (Å²) < 4.78 is 5.77. The molecule has 2 N–H and O–H groups in total. The average Bonchev–Trinajstić information content (AvgIpc) is 2.68. The minimum absolute atomic E-state index is 0.150. The largest absolute Gasteiger partial charge is 0.372 e. The van der Waals surface area contributed by atoms with Crippen LogP contribution in [0.4, 0.5) is 11.4 Å². The molecule has 0 spiro atoms. The predicted molar refractivity (Wildman–Crippen MR) is 116 cm³/mol. The molecule has 1 saturated heterocycles. The third-order valence-corrected chi connectivity index (χ3v) is 4.93. The van der Waals surface area contributed by atoms with Crippen LogP contribution in [0.3, 0.4) is 0 Å². The van der Waals surface area contributed by atoms with E-state index in [1.165, 1.54) is 0 Å². The van der Waals surface area contributed by atoms with Gasteiger partial charge in [0.1, 0.15) is 0 Å². The second kappa shape index (κ2) is 9.76. The highest BCUT2D eigenvalue weighted by Crippen LogP contribution is 2.22. The summed E-state index contributed by atoms with van der Waals surface area (Å²) >= 11 is 5.81. The topological polar surface area (TPSA) is 70.7 Å². The van der Waals surface area contributed by atoms with E-state index in [0.29, 0.717) is 10.6 Å². The fourth-order valence-electron chi connectivity index (χ4n) is 3.36. The Bertz CT molecular complexity index is 829. The number of ether oxygens (including phenoxy) is 1. The lowest BCUT2D eigenvalue weighted by Crippen LogP contribution is -2.45. The molecule has 29 heavy (non-hydrogen) atoms. The summed E-state index contributed by atoms with van der Waals surface area (Å²) in [4.78, 5) is 26.5. The zero-order chi connectivity index (χ0) is 20.8. The van der Waals surface area contributed by atoms with Gasteiger partial charge < -0.3 is 20.3 Å². The lowest BCUT2D eigenvalue weighted by atomic mass is 10.2. The minimum Gasteiger partial charge on any atom is -0.372 e. The second-order valence-electron chi connectivity index (χ2n) is 7.27. The van der Waals surface area contributed by atoms with Crippen molar-refractivity contribution in [1.29, 1.82) is 0 Å². The Balaban J connectivity index is 1.44. The van der Waals surface area contributed by atoms with E-state index in [1.54, 1.807) is 24.3 Å². The van der Waals surface area contributed by atoms with Gasteiger partial charge in [0.15, 0.2) is 0 Å². The normalized spacial score (nSPS) is 18.9. The molecule has 7 heteroatoms. The van der Waals surface area contributed by atoms with E-state index < -0.39 is 0 Å². The van der Waals surface area contributed by atoms with Crippen LogP contribution in [0.5, 0.6) is 0 Å². The monoisotopic (exact) mass is 415 g/mol. The van der Waals surface area contributed by atoms with Gasteiger partial charge in [-0.15, -0.1) is 0 Å². The van der Waals surface area contributed by atoms with Crippen LogP contribution in [0.25, 0.3) is 0 Å². The number of halogens is 1. The molecule has 6 nitrogen and oxygen atoms in total. The molecule has 1 aliphatic heterocycles. The van der Waals surface area contributed by atoms with Crippen molar-refractivity contribution in [2.75, 3.05) is 29.9 Å². The highest BCUT2D eigenvalue weighted by molar-refractivity contribution is 6.30. The Hall–Kier alpha value is -2.57. The molecule has 1 fully saturated rings. The van der Waals surface area contributed by atoms with Gasteiger partial charge in [0.25, 0.3) is 5.91 Å². The number of carbonyl (C=O) groups is 2. The quantitative estimate of drug-likeness (QED) is 0.754. The third-order valence-electron chi connectivity index (χ3n) is 4.68. The summed E-state index contributed by atoms with van der Waals surface area (Å²) in [5, 5.41) is 6.17. The third kappa shape index (κ3) is 6.21. The van der Waals surface area contributed by atoms with Crippen LogP contribution in [0.15, 0.2) is 48.5 Å². The van der Waals surface area contributed by atoms with Crippen LogP contribution in [0, 0.1) is 0 Å². The van der Waals surface area contributed by atoms with Crippen LogP contribution >= 0.6 is 11.6 Å². The second-order valence-corrected chi connectivity index (χ2v) is 7.71. The van der Waals surface area contributed by atoms with Crippen molar-refractivity contribution in [1.82, 2.24) is 5.32 Å². The SMILES string of the molecule is CC1CN(c2ccc(NC(=O)CCNC(=O)c3ccc(Cl)cc3)cc2)CC(C)O1. The number of hydrogen-bond donors (Lipinski definition) is 2. The Morgan fingerprint density at radius 3 is 2.28 bits per heavy atom. The van der Waals surface area contributed by atoms with Crippen LogP contribution < -0.4 is 15.5 Å². The minimum atomic E-state index is -0.229. The molecule has 0 radical (unpaired) electrons. The number of anilines is 2. The van der Waals surface area contributed by atoms with Crippen LogP contribution in [-0.4, -0.2) is 43.7 Å². The lowest BCUT2D eigenvalue weighted by molar-refractivity contribution is -0.116. The Kier molecular flexibility index (Phi) is 7.12. The molecule has 0 aromatic heterocycles. The van der Waals surface area contributed by atoms with E-state index in [1.807, 2.05) is 24.3 Å². The van der Waals surface area contributed by atoms with Gasteiger partial charge in [-0.05, 0) is 62.4 Å². The zero-order valence-electron chi connectivity index (χ0n) is 16.7. The van der Waals surface area contributed by atoms with E-state index in [4.69, 9.17) is 16.3 Å². The molecule has 2 unspecified atom stereocenters. The average molecular weight is 416 g/mol. The summed E-state index contributed by atoms with van der Waals surface area (Å²) in [6, 6.07) is 14.4. The maximum absolute atomic E-state index is 12.1. The number of nitrogens with zero attached hydrogens (tertiary/aromatic N) is 1. The number of hydrogen-bond acceptors (Lipinski definition) is 4. The predicted octanol–water partition coefficient (Wildman–Crippen LogP) is 3.71. The van der Waals surface area contributed by atoms with Gasteiger partial charge in [-0.25, -0.2) is 0 Å². The van der Waals surface area contributed by atoms with Gasteiger partial charge in [-0.1, -0.05) is 11.6 Å². The standard InChI is InChI=1S/C22H26ClN3O3/c1-15-13-26(14-16(2)29-15)20-9-7-19(8-10-20)25-21(27)11-12-24-22(28)17-3-5-18(23)6-4-17/h3-10,15-16H,11-14H2,1-2H3,(H,24,28)(H,25,27). The molecule has 1 aliphatic rings. The van der Waals surface area contributed by atoms with Gasteiger partial charge in [0, 0.05) is 48.0 Å². The first kappa shape index (κ1) is 21.1. The van der Waals surface area contributed by atoms with Crippen molar-refractivity contribution < 1.29 is 14.3 Å². The number of nitrogens with one attached hydrogen (secondary N) is 2. The first-order chi connectivity index (χ1) is 13.9. The van der Waals surface area contributed by atoms with Gasteiger partial charge in [0.2, 0.25) is 5.91 Å². The Morgan fingerprint density at radius 1 is 1.03 bits per heavy atom. The smallest absolute Gasteiger partial charge is 0.251 e. The maximum Gasteiger partial charge on any atom is 0.251 e. The Labute approximate surface area is 176 Å². The highest BCUT2D eigenvalue weighted by atomic mass is 35.5. The zero-order valence-corrected chi connectivity index (χ0v) is 17.4. The molecule has 1 heterocycles. The summed E-state index contributed by atoms with van der Waals surface area (Å²) in [7, 11) is 0. The number of carbonyl (C=O) groups excluding carboxylic acids is 2. The number of amides is 2. The molecule has 0 bridgehead atoms. The van der Waals surface area contributed by atoms with Gasteiger partial charge in [-0.2, -0.15) is 0 Å². The molecule has 2 aromatic rings. The summed E-state index contributed by atoms with van der Waals surface area (Å²) in [5.41, 5.74) is 2.36. The summed E-state index contributed by atoms with van der Waals surface area (Å²) in [6.07, 6.45) is 0.585. The number of benzene rings is 2. The van der Waals surface area contributed by atoms with Crippen molar-refractivity contribution in [3.8, 4) is 0 Å². The highest BCUT2D eigenvalue weighted by Gasteiger charge is 2.22. The number of morpholine rings is 1. The van der Waals surface area contributed by atoms with E-state index in [-0.39, 0.29) is 37.0 Å². The van der Waals surface area contributed by atoms with Crippen molar-refractivity contribution in [2.45, 2.75) is 32.5 Å². The molecule has 0 saturated carbocycles. The maximum atomic E-state index is 12.1. The molecule has 0 aliphatic carbocycles. The van der Waals surface area contributed by atoms with Gasteiger partial charge in [0.05, 0.1) is 12.2 Å². The van der Waals surface area contributed by atoms with Crippen molar-refractivity contribution in [2.24, 2.45) is 0 Å². The molecular formula is C22H26ClN3O3. The number of rotatable bonds is 6. The first-order valence-electron chi connectivity index (χ1n) is 9.75. The fourth-order valence-corrected chi connectivity index (χ4v) is 3.49. The van der Waals surface area contributed by atoms with Gasteiger partial charge in [-0.3, -0.25) is 9.59 Å². The fraction of sp³-hybridized carbons (Fsp3) is 0.364. The Morgan fingerprint density at radius 2 is 1.66 bits per heavy atom. The van der Waals surface area contributed by atoms with Crippen LogP contribution in [0.2, 0.25) is 5.02 Å². The molecule has 2 aromatic carbocycles. The molecule has 2 atom stereocenters. The van der Waals surface area contributed by atoms with Crippen LogP contribution in [0.1, 0.15) is 30.6 Å². The van der Waals surface area contributed by atoms with Crippen molar-refractivity contribution in [3.05, 3.63) is 59.1 Å². The van der Waals surface area contributed by atoms with Gasteiger partial charge >= 0.3 is 0 Å². The molecule has 154 valence electrons. The molecule has 3 rings (SSSR count). The van der Waals surface area contributed by atoms with E-state index in [9.17, 15) is 9.59 Å². The van der Waals surface area contributed by atoms with E-state index in [0.717, 1.165) is 24.5 Å². The molecular weight excluding hydrogens is 390 g/mol. The van der Waals surface area contributed by atoms with Crippen molar-refractivity contribution >= 4 is 34.8 Å².